The summed E-state index contributed by atoms with van der Waals surface area (Å²) in [5.74, 6) is 0. The molecule has 0 bridgehead atoms. The van der Waals surface area contributed by atoms with Gasteiger partial charge in [0.2, 0.25) is 0 Å². The van der Waals surface area contributed by atoms with Crippen LogP contribution in [0.1, 0.15) is 0 Å². The first-order valence-electron chi connectivity index (χ1n) is 0. The minimum Gasteiger partial charge on any atom is 0 e. The van der Waals surface area contributed by atoms with E-state index < -0.39 is 0 Å². The molecule has 0 saturated heterocycles. The third-order valence-electron chi connectivity index (χ3n) is 0. The van der Waals surface area contributed by atoms with Gasteiger partial charge in [0.05, 0.1) is 0 Å². The second-order valence-electron chi connectivity index (χ2n) is 0. The van der Waals surface area contributed by atoms with Crippen LogP contribution in [0, 0.1) is 7.43 Å². The maximum atomic E-state index is 0. The van der Waals surface area contributed by atoms with E-state index in [0.717, 1.165) is 0 Å². The monoisotopic (exact) mass is 137 g/mol. The van der Waals surface area contributed by atoms with Gasteiger partial charge in [0.1, 0.15) is 0 Å². The summed E-state index contributed by atoms with van der Waals surface area (Å²) in [5, 5.41) is 0. The maximum absolute atomic E-state index is 0. The Bertz CT molecular complexity index is 8.00. The van der Waals surface area contributed by atoms with Crippen LogP contribution < -0.4 is 0 Å². The van der Waals surface area contributed by atoms with Crippen molar-refractivity contribution in [1.82, 2.24) is 0 Å². The first kappa shape index (κ1) is 72.7. The number of hydrogen-bond acceptors (Lipinski definition) is 0. The Balaban J connectivity index is 0. The molecule has 0 rings (SSSR count). The normalized spacial score (nSPS) is 0. The molecule has 0 heterocycles. The fourth-order valence-corrected chi connectivity index (χ4v) is 0. The average molecular weight is 137 g/mol. The van der Waals surface area contributed by atoms with Gasteiger partial charge in [-0.05, 0) is 0 Å². The Morgan fingerprint density at radius 2 is 1.00 bits per heavy atom. The molecule has 0 aliphatic rings. The second kappa shape index (κ2) is 33.2. The Hall–Kier alpha value is 1.08. The van der Waals surface area contributed by atoms with Crippen LogP contribution in [0.3, 0.4) is 0 Å². The fraction of sp³-hybridized carbons (Fsp3) is 0. The first-order valence-corrected chi connectivity index (χ1v) is 0. The quantitative estimate of drug-likeness (QED) is 0.402. The predicted octanol–water partition coefficient (Wildman–Crippen LogP) is -0.305. The smallest absolute Gasteiger partial charge is 0 e. The summed E-state index contributed by atoms with van der Waals surface area (Å²) in [7, 11) is 0. The third kappa shape index (κ3) is 11.4. The van der Waals surface area contributed by atoms with E-state index in [0.29, 0.717) is 0 Å². The average Bonchev–Trinajstić information content (AvgIpc) is 0. The van der Waals surface area contributed by atoms with Crippen molar-refractivity contribution in [2.24, 2.45) is 0 Å². The van der Waals surface area contributed by atoms with Crippen molar-refractivity contribution in [3.63, 3.8) is 0 Å². The van der Waals surface area contributed by atoms with E-state index in [1.165, 1.54) is 0 Å². The molecule has 7 radical (unpaired) electrons. The van der Waals surface area contributed by atoms with E-state index in [9.17, 15) is 0 Å². The SMILES string of the molecule is [B].[C].[Fe].[Ni]. The summed E-state index contributed by atoms with van der Waals surface area (Å²) in [6, 6.07) is 0. The molecule has 0 aliphatic carbocycles. The summed E-state index contributed by atoms with van der Waals surface area (Å²) in [6.45, 7) is 0. The summed E-state index contributed by atoms with van der Waals surface area (Å²) < 4.78 is 0. The van der Waals surface area contributed by atoms with Crippen molar-refractivity contribution in [2.45, 2.75) is 0 Å². The topological polar surface area (TPSA) is 0 Å². The van der Waals surface area contributed by atoms with Gasteiger partial charge < -0.3 is 0 Å². The van der Waals surface area contributed by atoms with Crippen LogP contribution in [0.5, 0.6) is 0 Å². The van der Waals surface area contributed by atoms with Crippen LogP contribution in [-0.4, -0.2) is 8.41 Å². The fourth-order valence-electron chi connectivity index (χ4n) is 0. The summed E-state index contributed by atoms with van der Waals surface area (Å²) in [4.78, 5) is 0. The second-order valence-corrected chi connectivity index (χ2v) is 0. The Labute approximate surface area is 49.7 Å². The van der Waals surface area contributed by atoms with Crippen LogP contribution in [0.2, 0.25) is 0 Å². The zero-order chi connectivity index (χ0) is 0. The molecule has 0 aromatic carbocycles. The zero-order valence-electron chi connectivity index (χ0n) is 1.75. The van der Waals surface area contributed by atoms with Gasteiger partial charge in [0, 0.05) is 49.4 Å². The molecule has 25 valence electrons. The molecule has 3 heteroatoms. The van der Waals surface area contributed by atoms with Gasteiger partial charge in [0.15, 0.2) is 0 Å². The molecule has 0 amide bonds. The molecule has 0 spiro atoms. The Morgan fingerprint density at radius 3 is 1.00 bits per heavy atom. The van der Waals surface area contributed by atoms with Gasteiger partial charge in [-0.2, -0.15) is 0 Å². The van der Waals surface area contributed by atoms with Crippen molar-refractivity contribution in [2.75, 3.05) is 0 Å². The molecule has 0 fully saturated rings. The molecule has 0 unspecified atom stereocenters. The number of hydrogen-bond donors (Lipinski definition) is 0. The third-order valence-corrected chi connectivity index (χ3v) is 0. The van der Waals surface area contributed by atoms with Gasteiger partial charge in [-0.25, -0.2) is 0 Å². The van der Waals surface area contributed by atoms with Crippen LogP contribution in [-0.2, 0) is 33.6 Å². The van der Waals surface area contributed by atoms with E-state index in [2.05, 4.69) is 0 Å². The first-order chi connectivity index (χ1) is 0. The molecular weight excluding hydrogens is 137 g/mol. The Morgan fingerprint density at radius 1 is 1.00 bits per heavy atom. The van der Waals surface area contributed by atoms with Crippen molar-refractivity contribution >= 4 is 8.41 Å². The van der Waals surface area contributed by atoms with E-state index in [-0.39, 0.29) is 49.4 Å². The zero-order valence-corrected chi connectivity index (χ0v) is 3.84. The molecule has 0 nitrogen and oxygen atoms in total. The minimum absolute atomic E-state index is 0. The minimum atomic E-state index is 0. The summed E-state index contributed by atoms with van der Waals surface area (Å²) in [6.07, 6.45) is 0. The standard InChI is InChI=1S/C.B.Fe.Ni. The van der Waals surface area contributed by atoms with E-state index in [4.69, 9.17) is 0 Å². The predicted molar refractivity (Wildman–Crippen MR) is 9.00 cm³/mol. The van der Waals surface area contributed by atoms with Gasteiger partial charge >= 0.3 is 0 Å². The molecule has 0 atom stereocenters. The van der Waals surface area contributed by atoms with Crippen molar-refractivity contribution in [3.05, 3.63) is 7.43 Å². The van der Waals surface area contributed by atoms with Gasteiger partial charge in [-0.3, -0.25) is 0 Å². The molecule has 0 aromatic rings. The van der Waals surface area contributed by atoms with Gasteiger partial charge in [-0.1, -0.05) is 0 Å². The molecule has 0 N–H and O–H groups in total. The van der Waals surface area contributed by atoms with E-state index in [1.54, 1.807) is 0 Å². The van der Waals surface area contributed by atoms with Gasteiger partial charge in [-0.15, -0.1) is 0 Å². The van der Waals surface area contributed by atoms with Crippen LogP contribution in [0.4, 0.5) is 0 Å². The molecule has 0 aliphatic heterocycles. The van der Waals surface area contributed by atoms with E-state index >= 15 is 0 Å². The molecule has 0 aromatic heterocycles. The molecular formula is CBFeNi. The Kier molecular flexibility index (Phi) is 604. The maximum Gasteiger partial charge on any atom is 0 e. The largest absolute Gasteiger partial charge is 0 e. The summed E-state index contributed by atoms with van der Waals surface area (Å²) in [5.41, 5.74) is 0. The van der Waals surface area contributed by atoms with E-state index in [1.807, 2.05) is 0 Å². The molecule has 0 saturated carbocycles. The van der Waals surface area contributed by atoms with Crippen molar-refractivity contribution in [3.8, 4) is 0 Å². The molecule has 4 heavy (non-hydrogen) atoms. The van der Waals surface area contributed by atoms with Gasteiger partial charge in [0.25, 0.3) is 0 Å². The van der Waals surface area contributed by atoms with Crippen LogP contribution in [0.25, 0.3) is 0 Å². The van der Waals surface area contributed by atoms with Crippen molar-refractivity contribution < 1.29 is 33.6 Å². The van der Waals surface area contributed by atoms with Crippen LogP contribution >= 0.6 is 0 Å². The van der Waals surface area contributed by atoms with Crippen LogP contribution in [0.15, 0.2) is 0 Å². The van der Waals surface area contributed by atoms with Crippen molar-refractivity contribution in [1.29, 1.82) is 0 Å². The number of rotatable bonds is 0. The summed E-state index contributed by atoms with van der Waals surface area (Å²) >= 11 is 0.